The standard InChI is InChI=1S/C15H23N3O/c1-16-14(19)15(8-4-10-18-12-15)7-2-5-13-6-3-9-17-11-13/h3,6,9,11,18H,2,4-5,7-8,10,12H2,1H3,(H,16,19)/t15-/m0/s1. The number of carbonyl (C=O) groups excluding carboxylic acids is 1. The first-order valence-electron chi connectivity index (χ1n) is 7.09. The Hall–Kier alpha value is -1.42. The summed E-state index contributed by atoms with van der Waals surface area (Å²) in [6, 6.07) is 4.06. The van der Waals surface area contributed by atoms with Gasteiger partial charge in [0.1, 0.15) is 0 Å². The minimum atomic E-state index is -0.213. The van der Waals surface area contributed by atoms with Gasteiger partial charge in [-0.1, -0.05) is 6.07 Å². The molecule has 0 saturated carbocycles. The van der Waals surface area contributed by atoms with Crippen molar-refractivity contribution in [2.24, 2.45) is 5.41 Å². The first-order valence-corrected chi connectivity index (χ1v) is 7.09. The van der Waals surface area contributed by atoms with Gasteiger partial charge in [0.25, 0.3) is 0 Å². The Kier molecular flexibility index (Phi) is 4.91. The molecule has 2 N–H and O–H groups in total. The lowest BCUT2D eigenvalue weighted by Gasteiger charge is -2.36. The highest BCUT2D eigenvalue weighted by Crippen LogP contribution is 2.32. The zero-order valence-corrected chi connectivity index (χ0v) is 11.6. The van der Waals surface area contributed by atoms with E-state index in [0.29, 0.717) is 0 Å². The van der Waals surface area contributed by atoms with Crippen LogP contribution in [-0.2, 0) is 11.2 Å². The second kappa shape index (κ2) is 6.66. The lowest BCUT2D eigenvalue weighted by Crippen LogP contribution is -2.49. The van der Waals surface area contributed by atoms with Crippen molar-refractivity contribution in [2.45, 2.75) is 32.1 Å². The van der Waals surface area contributed by atoms with Crippen LogP contribution in [0.25, 0.3) is 0 Å². The highest BCUT2D eigenvalue weighted by molar-refractivity contribution is 5.82. The van der Waals surface area contributed by atoms with Crippen LogP contribution in [0.2, 0.25) is 0 Å². The van der Waals surface area contributed by atoms with Crippen molar-refractivity contribution in [1.82, 2.24) is 15.6 Å². The van der Waals surface area contributed by atoms with Crippen LogP contribution in [0.5, 0.6) is 0 Å². The molecule has 104 valence electrons. The Morgan fingerprint density at radius 2 is 2.47 bits per heavy atom. The predicted molar refractivity (Wildman–Crippen MR) is 75.8 cm³/mol. The summed E-state index contributed by atoms with van der Waals surface area (Å²) in [5.41, 5.74) is 1.04. The minimum absolute atomic E-state index is 0.186. The number of piperidine rings is 1. The molecule has 2 heterocycles. The Morgan fingerprint density at radius 1 is 1.58 bits per heavy atom. The fraction of sp³-hybridized carbons (Fsp3) is 0.600. The number of aryl methyl sites for hydroxylation is 1. The molecule has 0 aromatic carbocycles. The lowest BCUT2D eigenvalue weighted by molar-refractivity contribution is -0.132. The van der Waals surface area contributed by atoms with E-state index in [2.05, 4.69) is 21.7 Å². The second-order valence-corrected chi connectivity index (χ2v) is 5.35. The number of hydrogen-bond donors (Lipinski definition) is 2. The van der Waals surface area contributed by atoms with Gasteiger partial charge in [-0.05, 0) is 50.3 Å². The first-order chi connectivity index (χ1) is 9.27. The van der Waals surface area contributed by atoms with Gasteiger partial charge in [0, 0.05) is 26.0 Å². The van der Waals surface area contributed by atoms with Crippen molar-refractivity contribution in [3.8, 4) is 0 Å². The summed E-state index contributed by atoms with van der Waals surface area (Å²) in [6.07, 6.45) is 8.74. The Balaban J connectivity index is 1.91. The zero-order chi connectivity index (χ0) is 13.6. The molecule has 1 atom stereocenters. The van der Waals surface area contributed by atoms with Crippen LogP contribution in [0.4, 0.5) is 0 Å². The highest BCUT2D eigenvalue weighted by atomic mass is 16.2. The smallest absolute Gasteiger partial charge is 0.227 e. The zero-order valence-electron chi connectivity index (χ0n) is 11.6. The molecule has 1 saturated heterocycles. The quantitative estimate of drug-likeness (QED) is 0.845. The highest BCUT2D eigenvalue weighted by Gasteiger charge is 2.38. The first kappa shape index (κ1) is 14.0. The van der Waals surface area contributed by atoms with Crippen LogP contribution < -0.4 is 10.6 Å². The van der Waals surface area contributed by atoms with Crippen molar-refractivity contribution in [3.63, 3.8) is 0 Å². The third-order valence-electron chi connectivity index (χ3n) is 4.02. The van der Waals surface area contributed by atoms with E-state index >= 15 is 0 Å². The fourth-order valence-corrected chi connectivity index (χ4v) is 2.93. The summed E-state index contributed by atoms with van der Waals surface area (Å²) >= 11 is 0. The van der Waals surface area contributed by atoms with Crippen molar-refractivity contribution in [1.29, 1.82) is 0 Å². The summed E-state index contributed by atoms with van der Waals surface area (Å²) in [5.74, 6) is 0.186. The minimum Gasteiger partial charge on any atom is -0.359 e. The van der Waals surface area contributed by atoms with E-state index in [9.17, 15) is 4.79 Å². The summed E-state index contributed by atoms with van der Waals surface area (Å²) in [4.78, 5) is 16.3. The maximum atomic E-state index is 12.2. The molecule has 1 aliphatic heterocycles. The van der Waals surface area contributed by atoms with Crippen LogP contribution in [0.15, 0.2) is 24.5 Å². The molecule has 4 nitrogen and oxygen atoms in total. The van der Waals surface area contributed by atoms with Gasteiger partial charge in [-0.2, -0.15) is 0 Å². The van der Waals surface area contributed by atoms with Crippen LogP contribution in [0, 0.1) is 5.41 Å². The van der Waals surface area contributed by atoms with Crippen molar-refractivity contribution < 1.29 is 4.79 Å². The summed E-state index contributed by atoms with van der Waals surface area (Å²) in [6.45, 7) is 1.83. The number of amides is 1. The van der Waals surface area contributed by atoms with Gasteiger partial charge in [-0.3, -0.25) is 9.78 Å². The maximum Gasteiger partial charge on any atom is 0.227 e. The summed E-state index contributed by atoms with van der Waals surface area (Å²) < 4.78 is 0. The monoisotopic (exact) mass is 261 g/mol. The Morgan fingerprint density at radius 3 is 3.11 bits per heavy atom. The van der Waals surface area contributed by atoms with Gasteiger partial charge in [0.2, 0.25) is 5.91 Å². The van der Waals surface area contributed by atoms with E-state index < -0.39 is 0 Å². The van der Waals surface area contributed by atoms with E-state index in [4.69, 9.17) is 0 Å². The molecule has 1 fully saturated rings. The Labute approximate surface area is 115 Å². The van der Waals surface area contributed by atoms with E-state index in [1.54, 1.807) is 13.2 Å². The van der Waals surface area contributed by atoms with Crippen LogP contribution >= 0.6 is 0 Å². The van der Waals surface area contributed by atoms with Gasteiger partial charge in [0.15, 0.2) is 0 Å². The van der Waals surface area contributed by atoms with Gasteiger partial charge >= 0.3 is 0 Å². The molecule has 0 unspecified atom stereocenters. The molecule has 1 amide bonds. The number of nitrogens with one attached hydrogen (secondary N) is 2. The summed E-state index contributed by atoms with van der Waals surface area (Å²) in [7, 11) is 1.74. The van der Waals surface area contributed by atoms with Gasteiger partial charge in [-0.25, -0.2) is 0 Å². The third kappa shape index (κ3) is 3.53. The number of aromatic nitrogens is 1. The molecule has 4 heteroatoms. The van der Waals surface area contributed by atoms with Crippen molar-refractivity contribution >= 4 is 5.91 Å². The van der Waals surface area contributed by atoms with Gasteiger partial charge in [-0.15, -0.1) is 0 Å². The lowest BCUT2D eigenvalue weighted by atomic mass is 9.75. The third-order valence-corrected chi connectivity index (χ3v) is 4.02. The van der Waals surface area contributed by atoms with Crippen molar-refractivity contribution in [2.75, 3.05) is 20.1 Å². The molecule has 1 aliphatic rings. The number of carbonyl (C=O) groups is 1. The van der Waals surface area contributed by atoms with E-state index in [1.807, 2.05) is 12.3 Å². The number of hydrogen-bond acceptors (Lipinski definition) is 3. The largest absolute Gasteiger partial charge is 0.359 e. The van der Waals surface area contributed by atoms with Crippen LogP contribution in [0.3, 0.4) is 0 Å². The second-order valence-electron chi connectivity index (χ2n) is 5.35. The number of pyridine rings is 1. The Bertz CT molecular complexity index is 399. The van der Waals surface area contributed by atoms with Crippen LogP contribution in [-0.4, -0.2) is 31.0 Å². The molecule has 0 bridgehead atoms. The molecule has 2 rings (SSSR count). The normalized spacial score (nSPS) is 23.0. The molecule has 19 heavy (non-hydrogen) atoms. The molecule has 1 aromatic rings. The number of rotatable bonds is 5. The SMILES string of the molecule is CNC(=O)[C@@]1(CCCc2cccnc2)CCCNC1. The number of nitrogens with zero attached hydrogens (tertiary/aromatic N) is 1. The average Bonchev–Trinajstić information content (AvgIpc) is 2.48. The van der Waals surface area contributed by atoms with Gasteiger partial charge in [0.05, 0.1) is 5.41 Å². The van der Waals surface area contributed by atoms with E-state index in [0.717, 1.165) is 45.2 Å². The van der Waals surface area contributed by atoms with E-state index in [-0.39, 0.29) is 11.3 Å². The van der Waals surface area contributed by atoms with Gasteiger partial charge < -0.3 is 10.6 Å². The maximum absolute atomic E-state index is 12.2. The fourth-order valence-electron chi connectivity index (χ4n) is 2.93. The average molecular weight is 261 g/mol. The molecule has 0 spiro atoms. The predicted octanol–water partition coefficient (Wildman–Crippen LogP) is 1.52. The molecule has 1 aromatic heterocycles. The molecular formula is C15H23N3O. The molecule has 0 aliphatic carbocycles. The van der Waals surface area contributed by atoms with Crippen molar-refractivity contribution in [3.05, 3.63) is 30.1 Å². The molecular weight excluding hydrogens is 238 g/mol. The molecule has 0 radical (unpaired) electrons. The summed E-state index contributed by atoms with van der Waals surface area (Å²) in [5, 5.41) is 6.20. The topological polar surface area (TPSA) is 54.0 Å². The van der Waals surface area contributed by atoms with Crippen LogP contribution in [0.1, 0.15) is 31.2 Å². The van der Waals surface area contributed by atoms with E-state index in [1.165, 1.54) is 5.56 Å².